The van der Waals surface area contributed by atoms with Crippen molar-refractivity contribution >= 4 is 60.4 Å². The van der Waals surface area contributed by atoms with Gasteiger partial charge in [-0.2, -0.15) is 0 Å². The Bertz CT molecular complexity index is 2400. The van der Waals surface area contributed by atoms with Crippen LogP contribution in [0.15, 0.2) is 213 Å². The van der Waals surface area contributed by atoms with Crippen molar-refractivity contribution in [3.63, 3.8) is 0 Å². The smallest absolute Gasteiger partial charge is 0.0996 e. The highest BCUT2D eigenvalue weighted by atomic mass is 14.2. The molecule has 0 aliphatic carbocycles. The van der Waals surface area contributed by atoms with E-state index < -0.39 is 0 Å². The summed E-state index contributed by atoms with van der Waals surface area (Å²) in [4.78, 5) is 0. The Balaban J connectivity index is 1.65. The van der Waals surface area contributed by atoms with Crippen LogP contribution in [0.2, 0.25) is 0 Å². The average molecular weight is 808 g/mol. The lowest BCUT2D eigenvalue weighted by Gasteiger charge is -2.19. The Labute approximate surface area is 379 Å². The maximum Gasteiger partial charge on any atom is 0.191 e. The molecule has 311 valence electrons. The minimum atomic E-state index is 0.0105. The first-order valence-corrected chi connectivity index (χ1v) is 21.6. The first-order valence-electron chi connectivity index (χ1n) is 21.6. The molecule has 0 amide bonds. The number of hydrogen-bond donors (Lipinski definition) is 0. The van der Waals surface area contributed by atoms with Gasteiger partial charge >= 0.3 is 0 Å². The number of allylic oxidation sites excluding steroid dienone is 17. The van der Waals surface area contributed by atoms with Crippen LogP contribution < -0.4 is 21.9 Å². The molecule has 3 heteroatoms. The molecule has 0 heterocycles. The van der Waals surface area contributed by atoms with Gasteiger partial charge < -0.3 is 0 Å². The van der Waals surface area contributed by atoms with Gasteiger partial charge in [0, 0.05) is 0 Å². The van der Waals surface area contributed by atoms with Crippen LogP contribution in [0, 0.1) is 10.8 Å². The molecule has 0 aliphatic rings. The standard InChI is InChI=1S/C59H66B3/c1-16-48(57(7,8)9)26-36-51(18-3)60-53-30-20-44(21-31-53)42(5)40-47(46-24-34-54(35-25-46)61-52(19-4)37-27-49(17-2)58(10,11)12)41-43(6)45-22-32-55(33-23-45)62-56-38-28-50(29-39-56)59(13,14)15/h16-41H,1-4,6H2,5,7-15H3/b42-40+,47-41+,48-26+,49-27+,51-36+,52-37+. The fourth-order valence-electron chi connectivity index (χ4n) is 6.83. The molecule has 0 saturated carbocycles. The third kappa shape index (κ3) is 14.7. The molecule has 3 radical (unpaired) electrons. The summed E-state index contributed by atoms with van der Waals surface area (Å²) in [6.45, 7) is 42.8. The minimum absolute atomic E-state index is 0.0105. The van der Waals surface area contributed by atoms with Gasteiger partial charge in [0.25, 0.3) is 0 Å². The van der Waals surface area contributed by atoms with Gasteiger partial charge in [0.05, 0.1) is 0 Å². The van der Waals surface area contributed by atoms with Crippen molar-refractivity contribution in [2.24, 2.45) is 10.8 Å². The quantitative estimate of drug-likeness (QED) is 0.0736. The molecule has 0 atom stereocenters. The van der Waals surface area contributed by atoms with Crippen LogP contribution in [0.1, 0.15) is 91.5 Å². The Kier molecular flexibility index (Phi) is 17.2. The summed E-state index contributed by atoms with van der Waals surface area (Å²) in [7, 11) is 6.53. The molecule has 0 aliphatic heterocycles. The van der Waals surface area contributed by atoms with E-state index in [2.05, 4.69) is 257 Å². The SMILES string of the molecule is C=C/C([B]c1ccc(/C(C)=C/C(=C\C(=C)c2ccc([B]c3ccc(C(C)(C)C)cc3)cc2)c2ccc([B]/C(C=C)=C/C=C(\C=C)C(C)(C)C)cc2)cc1)=C\C=C(/C=C)C(C)(C)C. The molecular weight excluding hydrogens is 741 g/mol. The fourth-order valence-corrected chi connectivity index (χ4v) is 6.83. The number of benzene rings is 4. The maximum absolute atomic E-state index is 4.56. The number of rotatable bonds is 17. The van der Waals surface area contributed by atoms with Crippen molar-refractivity contribution in [2.75, 3.05) is 0 Å². The largest absolute Gasteiger partial charge is 0.191 e. The van der Waals surface area contributed by atoms with E-state index in [-0.39, 0.29) is 16.2 Å². The summed E-state index contributed by atoms with van der Waals surface area (Å²) in [6.07, 6.45) is 20.6. The third-order valence-electron chi connectivity index (χ3n) is 10.9. The van der Waals surface area contributed by atoms with Crippen molar-refractivity contribution in [1.82, 2.24) is 0 Å². The average Bonchev–Trinajstić information content (AvgIpc) is 3.22. The van der Waals surface area contributed by atoms with Crippen molar-refractivity contribution in [3.8, 4) is 0 Å². The normalized spacial score (nSPS) is 13.6. The second-order valence-corrected chi connectivity index (χ2v) is 19.0. The second kappa shape index (κ2) is 21.8. The molecule has 0 saturated heterocycles. The molecule has 4 rings (SSSR count). The zero-order valence-corrected chi connectivity index (χ0v) is 39.3. The molecule has 0 aromatic heterocycles. The molecule has 0 unspecified atom stereocenters. The molecule has 0 spiro atoms. The second-order valence-electron chi connectivity index (χ2n) is 19.0. The lowest BCUT2D eigenvalue weighted by Crippen LogP contribution is -2.27. The van der Waals surface area contributed by atoms with E-state index in [1.54, 1.807) is 0 Å². The van der Waals surface area contributed by atoms with E-state index in [1.807, 2.05) is 24.3 Å². The molecule has 0 bridgehead atoms. The lowest BCUT2D eigenvalue weighted by molar-refractivity contribution is 0.517. The summed E-state index contributed by atoms with van der Waals surface area (Å²) < 4.78 is 0. The Morgan fingerprint density at radius 2 is 0.839 bits per heavy atom. The highest BCUT2D eigenvalue weighted by Crippen LogP contribution is 2.28. The first-order chi connectivity index (χ1) is 29.2. The molecule has 0 N–H and O–H groups in total. The zero-order chi connectivity index (χ0) is 45.7. The van der Waals surface area contributed by atoms with E-state index in [9.17, 15) is 0 Å². The third-order valence-corrected chi connectivity index (χ3v) is 10.9. The van der Waals surface area contributed by atoms with E-state index in [4.69, 9.17) is 0 Å². The highest BCUT2D eigenvalue weighted by Gasteiger charge is 2.15. The summed E-state index contributed by atoms with van der Waals surface area (Å²) in [6, 6.07) is 34.9. The van der Waals surface area contributed by atoms with E-state index in [1.165, 1.54) is 22.2 Å². The van der Waals surface area contributed by atoms with Crippen molar-refractivity contribution < 1.29 is 0 Å². The highest BCUT2D eigenvalue weighted by molar-refractivity contribution is 6.67. The Morgan fingerprint density at radius 3 is 1.23 bits per heavy atom. The molecule has 0 nitrogen and oxygen atoms in total. The predicted octanol–water partition coefficient (Wildman–Crippen LogP) is 13.0. The van der Waals surface area contributed by atoms with E-state index in [0.717, 1.165) is 60.7 Å². The van der Waals surface area contributed by atoms with E-state index >= 15 is 0 Å². The lowest BCUT2D eigenvalue weighted by atomic mass is 9.63. The minimum Gasteiger partial charge on any atom is -0.0996 e. The van der Waals surface area contributed by atoms with Gasteiger partial charge in [-0.15, -0.1) is 0 Å². The van der Waals surface area contributed by atoms with Crippen molar-refractivity contribution in [3.05, 3.63) is 235 Å². The van der Waals surface area contributed by atoms with Crippen molar-refractivity contribution in [1.29, 1.82) is 0 Å². The van der Waals surface area contributed by atoms with Gasteiger partial charge in [0.15, 0.2) is 21.8 Å². The maximum atomic E-state index is 4.56. The van der Waals surface area contributed by atoms with Gasteiger partial charge in [-0.1, -0.05) is 280 Å². The summed E-state index contributed by atoms with van der Waals surface area (Å²) in [5.74, 6) is 0. The summed E-state index contributed by atoms with van der Waals surface area (Å²) in [5.41, 5.74) is 16.9. The van der Waals surface area contributed by atoms with Crippen LogP contribution in [-0.2, 0) is 5.41 Å². The molecule has 4 aromatic rings. The molecule has 4 aromatic carbocycles. The number of hydrogen-bond acceptors (Lipinski definition) is 0. The Morgan fingerprint density at radius 1 is 0.452 bits per heavy atom. The topological polar surface area (TPSA) is 0 Å². The van der Waals surface area contributed by atoms with Crippen LogP contribution >= 0.6 is 0 Å². The van der Waals surface area contributed by atoms with Crippen LogP contribution in [0.3, 0.4) is 0 Å². The molecular formula is C59H66B3. The van der Waals surface area contributed by atoms with E-state index in [0.29, 0.717) is 0 Å². The first kappa shape index (κ1) is 48.9. The van der Waals surface area contributed by atoms with Crippen molar-refractivity contribution in [2.45, 2.75) is 74.7 Å². The molecule has 62 heavy (non-hydrogen) atoms. The van der Waals surface area contributed by atoms with Gasteiger partial charge in [-0.25, -0.2) is 0 Å². The summed E-state index contributed by atoms with van der Waals surface area (Å²) in [5, 5.41) is 0. The van der Waals surface area contributed by atoms with Crippen LogP contribution in [0.25, 0.3) is 16.7 Å². The van der Waals surface area contributed by atoms with Gasteiger partial charge in [-0.05, 0) is 79.4 Å². The Hall–Kier alpha value is -5.79. The fraction of sp³-hybridized carbons (Fsp3) is 0.220. The van der Waals surface area contributed by atoms with Gasteiger partial charge in [0.1, 0.15) is 0 Å². The predicted molar refractivity (Wildman–Crippen MR) is 283 cm³/mol. The van der Waals surface area contributed by atoms with Crippen LogP contribution in [0.4, 0.5) is 0 Å². The summed E-state index contributed by atoms with van der Waals surface area (Å²) >= 11 is 0. The van der Waals surface area contributed by atoms with Gasteiger partial charge in [0.2, 0.25) is 0 Å². The molecule has 0 fully saturated rings. The van der Waals surface area contributed by atoms with Crippen LogP contribution in [0.5, 0.6) is 0 Å². The van der Waals surface area contributed by atoms with Crippen LogP contribution in [-0.4, -0.2) is 21.8 Å². The van der Waals surface area contributed by atoms with Gasteiger partial charge in [-0.3, -0.25) is 0 Å². The zero-order valence-electron chi connectivity index (χ0n) is 39.3. The monoisotopic (exact) mass is 808 g/mol.